The predicted octanol–water partition coefficient (Wildman–Crippen LogP) is 2.80. The number of nitrogens with zero attached hydrogens (tertiary/aromatic N) is 1. The van der Waals surface area contributed by atoms with E-state index in [9.17, 15) is 4.79 Å². The Bertz CT molecular complexity index is 944. The Kier molecular flexibility index (Phi) is 3.98. The number of benzene rings is 2. The first-order valence-electron chi connectivity index (χ1n) is 8.34. The van der Waals surface area contributed by atoms with Gasteiger partial charge < -0.3 is 15.0 Å². The van der Waals surface area contributed by atoms with Crippen LogP contribution >= 0.6 is 0 Å². The zero-order valence-electron chi connectivity index (χ0n) is 14.0. The summed E-state index contributed by atoms with van der Waals surface area (Å²) >= 11 is 0. The topological polar surface area (TPSA) is 66.5 Å². The van der Waals surface area contributed by atoms with Crippen LogP contribution in [0.5, 0.6) is 0 Å². The smallest absolute Gasteiger partial charge is 0.293 e. The van der Waals surface area contributed by atoms with E-state index in [0.717, 1.165) is 28.6 Å². The van der Waals surface area contributed by atoms with Gasteiger partial charge in [-0.15, -0.1) is 0 Å². The number of H-pyrrole nitrogens is 1. The van der Waals surface area contributed by atoms with Gasteiger partial charge in [0.25, 0.3) is 11.9 Å². The maximum absolute atomic E-state index is 12.1. The van der Waals surface area contributed by atoms with Crippen molar-refractivity contribution in [2.75, 3.05) is 7.05 Å². The maximum Gasteiger partial charge on any atom is 0.293 e. The second-order valence-electron chi connectivity index (χ2n) is 6.11. The number of aromatic nitrogens is 1. The van der Waals surface area contributed by atoms with E-state index in [1.54, 1.807) is 7.05 Å². The molecule has 0 fully saturated rings. The lowest BCUT2D eigenvalue weighted by Crippen LogP contribution is -2.25. The number of hydrogen-bond acceptors (Lipinski definition) is 3. The van der Waals surface area contributed by atoms with Crippen LogP contribution in [0, 0.1) is 0 Å². The van der Waals surface area contributed by atoms with Gasteiger partial charge in [0.05, 0.1) is 0 Å². The highest BCUT2D eigenvalue weighted by Gasteiger charge is 2.30. The van der Waals surface area contributed by atoms with E-state index in [1.165, 1.54) is 5.56 Å². The number of nitrogens with one attached hydrogen (secondary N) is 2. The predicted molar refractivity (Wildman–Crippen MR) is 97.6 cm³/mol. The van der Waals surface area contributed by atoms with Gasteiger partial charge in [0, 0.05) is 36.5 Å². The van der Waals surface area contributed by atoms with Crippen LogP contribution in [0.4, 0.5) is 0 Å². The summed E-state index contributed by atoms with van der Waals surface area (Å²) in [5.41, 5.74) is 4.52. The molecular weight excluding hydrogens is 314 g/mol. The molecule has 2 heterocycles. The monoisotopic (exact) mass is 333 g/mol. The quantitative estimate of drug-likeness (QED) is 0.771. The number of amidine groups is 1. The molecule has 0 saturated carbocycles. The van der Waals surface area contributed by atoms with Crippen molar-refractivity contribution >= 4 is 22.8 Å². The second kappa shape index (κ2) is 6.43. The number of carbonyl (C=O) groups is 1. The highest BCUT2D eigenvalue weighted by molar-refractivity contribution is 5.99. The van der Waals surface area contributed by atoms with Crippen LogP contribution in [-0.2, 0) is 22.4 Å². The lowest BCUT2D eigenvalue weighted by molar-refractivity contribution is -0.122. The fourth-order valence-electron chi connectivity index (χ4n) is 3.25. The summed E-state index contributed by atoms with van der Waals surface area (Å²) in [5, 5.41) is 3.92. The maximum atomic E-state index is 12.1. The van der Waals surface area contributed by atoms with Crippen molar-refractivity contribution in [1.29, 1.82) is 0 Å². The van der Waals surface area contributed by atoms with E-state index >= 15 is 0 Å². The number of hydrogen-bond donors (Lipinski definition) is 2. The number of aliphatic imine (C=N–C) groups is 1. The van der Waals surface area contributed by atoms with Gasteiger partial charge in [0.2, 0.25) is 0 Å². The molecule has 3 aromatic rings. The van der Waals surface area contributed by atoms with Crippen LogP contribution in [0.3, 0.4) is 0 Å². The minimum absolute atomic E-state index is 0.236. The second-order valence-corrected chi connectivity index (χ2v) is 6.11. The van der Waals surface area contributed by atoms with Gasteiger partial charge in [-0.1, -0.05) is 48.5 Å². The van der Waals surface area contributed by atoms with E-state index in [1.807, 2.05) is 30.3 Å². The first kappa shape index (κ1) is 15.4. The summed E-state index contributed by atoms with van der Waals surface area (Å²) < 4.78 is 5.63. The zero-order chi connectivity index (χ0) is 17.2. The summed E-state index contributed by atoms with van der Waals surface area (Å²) in [5.74, 6) is -0.236. The Morgan fingerprint density at radius 3 is 2.64 bits per heavy atom. The molecule has 1 aliphatic rings. The molecular formula is C20H19N3O2. The number of carbonyl (C=O) groups excluding carboxylic acids is 1. The third-order valence-corrected chi connectivity index (χ3v) is 4.47. The normalized spacial score (nSPS) is 16.8. The number of amides is 1. The SMILES string of the molecule is CNC1=NC(=O)C(Cc2c(Cc3ccccc3)[nH]c3ccccc23)O1. The van der Waals surface area contributed by atoms with E-state index in [-0.39, 0.29) is 5.91 Å². The van der Waals surface area contributed by atoms with E-state index in [4.69, 9.17) is 4.74 Å². The molecule has 126 valence electrons. The molecule has 25 heavy (non-hydrogen) atoms. The zero-order valence-corrected chi connectivity index (χ0v) is 14.0. The summed E-state index contributed by atoms with van der Waals surface area (Å²) in [6.07, 6.45) is 0.710. The Labute approximate surface area is 145 Å². The summed E-state index contributed by atoms with van der Waals surface area (Å²) in [4.78, 5) is 19.5. The molecule has 0 saturated heterocycles. The number of aromatic amines is 1. The van der Waals surface area contributed by atoms with Gasteiger partial charge in [-0.3, -0.25) is 4.79 Å². The van der Waals surface area contributed by atoms with Gasteiger partial charge in [0.15, 0.2) is 6.10 Å². The van der Waals surface area contributed by atoms with Crippen molar-refractivity contribution in [3.8, 4) is 0 Å². The van der Waals surface area contributed by atoms with Gasteiger partial charge in [0.1, 0.15) is 0 Å². The van der Waals surface area contributed by atoms with E-state index < -0.39 is 6.10 Å². The first-order valence-corrected chi connectivity index (χ1v) is 8.34. The number of fused-ring (bicyclic) bond motifs is 1. The Morgan fingerprint density at radius 2 is 1.88 bits per heavy atom. The van der Waals surface area contributed by atoms with Crippen LogP contribution in [0.15, 0.2) is 59.6 Å². The van der Waals surface area contributed by atoms with Crippen molar-refractivity contribution < 1.29 is 9.53 Å². The van der Waals surface area contributed by atoms with Crippen molar-refractivity contribution in [1.82, 2.24) is 10.3 Å². The van der Waals surface area contributed by atoms with Crippen LogP contribution in [0.25, 0.3) is 10.9 Å². The molecule has 0 spiro atoms. The van der Waals surface area contributed by atoms with Crippen molar-refractivity contribution in [2.45, 2.75) is 18.9 Å². The van der Waals surface area contributed by atoms with Crippen LogP contribution in [-0.4, -0.2) is 30.1 Å². The molecule has 0 aliphatic carbocycles. The van der Waals surface area contributed by atoms with E-state index in [2.05, 4.69) is 39.6 Å². The molecule has 1 atom stereocenters. The van der Waals surface area contributed by atoms with Crippen molar-refractivity contribution in [2.24, 2.45) is 4.99 Å². The fourth-order valence-corrected chi connectivity index (χ4v) is 3.25. The lowest BCUT2D eigenvalue weighted by Gasteiger charge is -2.11. The molecule has 2 N–H and O–H groups in total. The van der Waals surface area contributed by atoms with Crippen LogP contribution < -0.4 is 5.32 Å². The molecule has 5 nitrogen and oxygen atoms in total. The summed E-state index contributed by atoms with van der Waals surface area (Å²) in [6.45, 7) is 0. The van der Waals surface area contributed by atoms with Crippen molar-refractivity contribution in [3.63, 3.8) is 0 Å². The number of rotatable bonds is 4. The third kappa shape index (κ3) is 3.01. The molecule has 0 radical (unpaired) electrons. The van der Waals surface area contributed by atoms with E-state index in [0.29, 0.717) is 12.4 Å². The van der Waals surface area contributed by atoms with Crippen LogP contribution in [0.1, 0.15) is 16.8 Å². The molecule has 1 amide bonds. The minimum atomic E-state index is -0.573. The minimum Gasteiger partial charge on any atom is -0.451 e. The molecule has 1 aromatic heterocycles. The molecule has 0 bridgehead atoms. The molecule has 2 aromatic carbocycles. The standard InChI is InChI=1S/C20H19N3O2/c1-21-20-23-19(24)18(25-20)12-15-14-9-5-6-10-16(14)22-17(15)11-13-7-3-2-4-8-13/h2-10,18,22H,11-12H2,1H3,(H,21,23,24). The van der Waals surface area contributed by atoms with Gasteiger partial charge in [-0.05, 0) is 17.2 Å². The van der Waals surface area contributed by atoms with Crippen LogP contribution in [0.2, 0.25) is 0 Å². The molecule has 4 rings (SSSR count). The van der Waals surface area contributed by atoms with Crippen molar-refractivity contribution in [3.05, 3.63) is 71.4 Å². The summed E-state index contributed by atoms with van der Waals surface area (Å²) in [7, 11) is 1.70. The van der Waals surface area contributed by atoms with Gasteiger partial charge in [-0.2, -0.15) is 4.99 Å². The Balaban J connectivity index is 1.69. The molecule has 1 aliphatic heterocycles. The molecule has 5 heteroatoms. The average molecular weight is 333 g/mol. The van der Waals surface area contributed by atoms with Gasteiger partial charge in [-0.25, -0.2) is 0 Å². The third-order valence-electron chi connectivity index (χ3n) is 4.47. The molecule has 1 unspecified atom stereocenters. The first-order chi connectivity index (χ1) is 12.2. The lowest BCUT2D eigenvalue weighted by atomic mass is 10.00. The number of ether oxygens (including phenoxy) is 1. The highest BCUT2D eigenvalue weighted by Crippen LogP contribution is 2.27. The number of para-hydroxylation sites is 1. The highest BCUT2D eigenvalue weighted by atomic mass is 16.5. The van der Waals surface area contributed by atoms with Gasteiger partial charge >= 0.3 is 0 Å². The average Bonchev–Trinajstić information content (AvgIpc) is 3.17. The Morgan fingerprint density at radius 1 is 1.12 bits per heavy atom. The Hall–Kier alpha value is -3.08. The fraction of sp³-hybridized carbons (Fsp3) is 0.200. The summed E-state index contributed by atoms with van der Waals surface area (Å²) in [6, 6.07) is 18.7. The largest absolute Gasteiger partial charge is 0.451 e.